The van der Waals surface area contributed by atoms with Gasteiger partial charge in [0.25, 0.3) is 11.8 Å². The third-order valence-electron chi connectivity index (χ3n) is 4.51. The molecular formula is C23H15ClFNO2S. The first-order valence-electron chi connectivity index (χ1n) is 8.84. The molecule has 0 saturated carbocycles. The van der Waals surface area contributed by atoms with Gasteiger partial charge in [0, 0.05) is 4.90 Å². The van der Waals surface area contributed by atoms with Gasteiger partial charge in [0.15, 0.2) is 0 Å². The van der Waals surface area contributed by atoms with Crippen molar-refractivity contribution in [1.29, 1.82) is 0 Å². The number of carbonyl (C=O) groups is 2. The summed E-state index contributed by atoms with van der Waals surface area (Å²) in [5.74, 6) is -1.53. The minimum Gasteiger partial charge on any atom is -0.268 e. The fraction of sp³-hybridized carbons (Fsp3) is 0.0435. The molecule has 3 aromatic rings. The second-order valence-electron chi connectivity index (χ2n) is 6.53. The topological polar surface area (TPSA) is 37.4 Å². The third-order valence-corrected chi connectivity index (χ3v) is 5.89. The van der Waals surface area contributed by atoms with Gasteiger partial charge < -0.3 is 0 Å². The minimum absolute atomic E-state index is 0.149. The minimum atomic E-state index is -0.611. The van der Waals surface area contributed by atoms with Crippen LogP contribution in [0.2, 0.25) is 5.02 Å². The number of amides is 2. The Bertz CT molecular complexity index is 1140. The Kier molecular flexibility index (Phi) is 5.26. The van der Waals surface area contributed by atoms with Gasteiger partial charge in [-0.2, -0.15) is 0 Å². The van der Waals surface area contributed by atoms with Gasteiger partial charge in [-0.25, -0.2) is 9.29 Å². The number of aryl methyl sites for hydroxylation is 1. The van der Waals surface area contributed by atoms with Crippen LogP contribution >= 0.6 is 23.4 Å². The fourth-order valence-corrected chi connectivity index (χ4v) is 4.23. The van der Waals surface area contributed by atoms with Crippen molar-refractivity contribution >= 4 is 46.4 Å². The maximum Gasteiger partial charge on any atom is 0.272 e. The zero-order valence-corrected chi connectivity index (χ0v) is 16.9. The van der Waals surface area contributed by atoms with Gasteiger partial charge in [0.05, 0.1) is 21.2 Å². The second kappa shape index (κ2) is 7.85. The largest absolute Gasteiger partial charge is 0.272 e. The summed E-state index contributed by atoms with van der Waals surface area (Å²) in [6.07, 6.45) is 0. The normalized spacial score (nSPS) is 14.1. The number of halogens is 2. The lowest BCUT2D eigenvalue weighted by Gasteiger charge is -2.15. The Morgan fingerprint density at radius 2 is 1.59 bits per heavy atom. The molecule has 0 atom stereocenters. The van der Waals surface area contributed by atoms with Crippen LogP contribution in [0.15, 0.2) is 82.6 Å². The number of rotatable bonds is 4. The molecule has 0 spiro atoms. The van der Waals surface area contributed by atoms with Crippen LogP contribution in [0, 0.1) is 12.7 Å². The third kappa shape index (κ3) is 3.71. The Labute approximate surface area is 176 Å². The van der Waals surface area contributed by atoms with E-state index in [2.05, 4.69) is 0 Å². The molecule has 0 aromatic heterocycles. The van der Waals surface area contributed by atoms with E-state index >= 15 is 0 Å². The number of thioether (sulfide) groups is 1. The van der Waals surface area contributed by atoms with E-state index < -0.39 is 17.6 Å². The van der Waals surface area contributed by atoms with Crippen LogP contribution in [0.5, 0.6) is 0 Å². The van der Waals surface area contributed by atoms with Crippen molar-refractivity contribution in [2.24, 2.45) is 0 Å². The summed E-state index contributed by atoms with van der Waals surface area (Å²) in [5.41, 5.74) is 2.26. The SMILES string of the molecule is Cc1ccc(C2=C(Sc3ccccc3)C(=O)N(c3ccc(F)c(Cl)c3)C2=O)cc1. The van der Waals surface area contributed by atoms with Gasteiger partial charge in [-0.1, -0.05) is 71.4 Å². The molecule has 29 heavy (non-hydrogen) atoms. The van der Waals surface area contributed by atoms with E-state index in [0.717, 1.165) is 21.4 Å². The zero-order chi connectivity index (χ0) is 20.5. The molecular weight excluding hydrogens is 409 g/mol. The van der Waals surface area contributed by atoms with Crippen molar-refractivity contribution in [2.75, 3.05) is 4.90 Å². The van der Waals surface area contributed by atoms with E-state index in [0.29, 0.717) is 16.0 Å². The molecule has 0 radical (unpaired) electrons. The van der Waals surface area contributed by atoms with E-state index in [-0.39, 0.29) is 10.7 Å². The van der Waals surface area contributed by atoms with E-state index in [4.69, 9.17) is 11.6 Å². The van der Waals surface area contributed by atoms with Gasteiger partial charge in [0.1, 0.15) is 5.82 Å². The van der Waals surface area contributed by atoms with Crippen molar-refractivity contribution in [3.05, 3.63) is 99.7 Å². The molecule has 0 aliphatic carbocycles. The highest BCUT2D eigenvalue weighted by Gasteiger charge is 2.40. The Morgan fingerprint density at radius 3 is 2.24 bits per heavy atom. The maximum absolute atomic E-state index is 13.6. The Hall–Kier alpha value is -2.89. The zero-order valence-electron chi connectivity index (χ0n) is 15.4. The van der Waals surface area contributed by atoms with Gasteiger partial charge in [-0.3, -0.25) is 9.59 Å². The number of hydrogen-bond donors (Lipinski definition) is 0. The monoisotopic (exact) mass is 423 g/mol. The summed E-state index contributed by atoms with van der Waals surface area (Å²) in [6.45, 7) is 1.95. The van der Waals surface area contributed by atoms with Gasteiger partial charge in [-0.05, 0) is 42.8 Å². The number of benzene rings is 3. The first kappa shape index (κ1) is 19.4. The van der Waals surface area contributed by atoms with Gasteiger partial charge >= 0.3 is 0 Å². The molecule has 0 unspecified atom stereocenters. The van der Waals surface area contributed by atoms with Crippen molar-refractivity contribution in [3.8, 4) is 0 Å². The number of anilines is 1. The van der Waals surface area contributed by atoms with Gasteiger partial charge in [-0.15, -0.1) is 0 Å². The lowest BCUT2D eigenvalue weighted by Crippen LogP contribution is -2.31. The van der Waals surface area contributed by atoms with Crippen molar-refractivity contribution in [1.82, 2.24) is 0 Å². The average Bonchev–Trinajstić information content (AvgIpc) is 2.95. The summed E-state index contributed by atoms with van der Waals surface area (Å²) in [4.78, 5) is 28.8. The molecule has 0 fully saturated rings. The molecule has 2 amide bonds. The molecule has 3 nitrogen and oxygen atoms in total. The highest BCUT2D eigenvalue weighted by molar-refractivity contribution is 8.04. The van der Waals surface area contributed by atoms with E-state index in [1.807, 2.05) is 61.5 Å². The van der Waals surface area contributed by atoms with Crippen LogP contribution in [-0.4, -0.2) is 11.8 Å². The molecule has 1 aliphatic rings. The number of nitrogens with zero attached hydrogens (tertiary/aromatic N) is 1. The predicted octanol–water partition coefficient (Wildman–Crippen LogP) is 5.86. The first-order chi connectivity index (χ1) is 14.0. The lowest BCUT2D eigenvalue weighted by molar-refractivity contribution is -0.119. The van der Waals surface area contributed by atoms with Crippen LogP contribution in [0.1, 0.15) is 11.1 Å². The van der Waals surface area contributed by atoms with Crippen LogP contribution < -0.4 is 4.90 Å². The van der Waals surface area contributed by atoms with Crippen LogP contribution in [-0.2, 0) is 9.59 Å². The molecule has 1 heterocycles. The molecule has 144 valence electrons. The van der Waals surface area contributed by atoms with Crippen molar-refractivity contribution in [2.45, 2.75) is 11.8 Å². The molecule has 3 aromatic carbocycles. The number of hydrogen-bond acceptors (Lipinski definition) is 3. The number of carbonyl (C=O) groups excluding carboxylic acids is 2. The Balaban J connectivity index is 1.83. The molecule has 6 heteroatoms. The van der Waals surface area contributed by atoms with Crippen LogP contribution in [0.3, 0.4) is 0 Å². The van der Waals surface area contributed by atoms with E-state index in [1.165, 1.54) is 23.9 Å². The smallest absolute Gasteiger partial charge is 0.268 e. The van der Waals surface area contributed by atoms with Crippen LogP contribution in [0.4, 0.5) is 10.1 Å². The summed E-state index contributed by atoms with van der Waals surface area (Å²) in [6, 6.07) is 20.6. The van der Waals surface area contributed by atoms with Crippen LogP contribution in [0.25, 0.3) is 5.57 Å². The summed E-state index contributed by atoms with van der Waals surface area (Å²) in [5, 5.41) is -0.149. The van der Waals surface area contributed by atoms with E-state index in [9.17, 15) is 14.0 Å². The molecule has 0 bridgehead atoms. The summed E-state index contributed by atoms with van der Waals surface area (Å²) in [7, 11) is 0. The number of imide groups is 1. The predicted molar refractivity (Wildman–Crippen MR) is 114 cm³/mol. The lowest BCUT2D eigenvalue weighted by atomic mass is 10.0. The first-order valence-corrected chi connectivity index (χ1v) is 10.0. The standard InChI is InChI=1S/C23H15ClFNO2S/c1-14-7-9-15(10-8-14)20-21(29-17-5-3-2-4-6-17)23(28)26(22(20)27)16-11-12-19(25)18(24)13-16/h2-13H,1H3. The molecule has 4 rings (SSSR count). The quantitative estimate of drug-likeness (QED) is 0.493. The molecule has 0 N–H and O–H groups in total. The van der Waals surface area contributed by atoms with Crippen molar-refractivity contribution < 1.29 is 14.0 Å². The average molecular weight is 424 g/mol. The summed E-state index contributed by atoms with van der Waals surface area (Å²) >= 11 is 7.12. The van der Waals surface area contributed by atoms with Gasteiger partial charge in [0.2, 0.25) is 0 Å². The highest BCUT2D eigenvalue weighted by Crippen LogP contribution is 2.41. The highest BCUT2D eigenvalue weighted by atomic mass is 35.5. The Morgan fingerprint density at radius 1 is 0.897 bits per heavy atom. The fourth-order valence-electron chi connectivity index (χ4n) is 3.04. The summed E-state index contributed by atoms with van der Waals surface area (Å²) < 4.78 is 13.6. The molecule has 1 aliphatic heterocycles. The van der Waals surface area contributed by atoms with Crippen molar-refractivity contribution in [3.63, 3.8) is 0 Å². The second-order valence-corrected chi connectivity index (χ2v) is 8.02. The maximum atomic E-state index is 13.6. The van der Waals surface area contributed by atoms with E-state index in [1.54, 1.807) is 0 Å². The molecule has 0 saturated heterocycles.